The van der Waals surface area contributed by atoms with Crippen LogP contribution in [0.3, 0.4) is 0 Å². The van der Waals surface area contributed by atoms with Gasteiger partial charge in [-0.2, -0.15) is 0 Å². The topological polar surface area (TPSA) is 29.3 Å². The number of aromatic nitrogens is 2. The van der Waals surface area contributed by atoms with Crippen LogP contribution in [-0.2, 0) is 0 Å². The van der Waals surface area contributed by atoms with E-state index in [9.17, 15) is 0 Å². The maximum absolute atomic E-state index is 4.21. The zero-order chi connectivity index (χ0) is 9.97. The molecule has 0 radical (unpaired) electrons. The van der Waals surface area contributed by atoms with E-state index in [0.29, 0.717) is 0 Å². The first kappa shape index (κ1) is 8.81. The van der Waals surface area contributed by atoms with Crippen LogP contribution >= 0.6 is 0 Å². The van der Waals surface area contributed by atoms with Crippen LogP contribution in [0, 0.1) is 0 Å². The molecule has 3 heteroatoms. The number of hydrogen-bond acceptors (Lipinski definition) is 2. The van der Waals surface area contributed by atoms with Gasteiger partial charge in [-0.15, -0.1) is 0 Å². The van der Waals surface area contributed by atoms with Crippen LogP contribution in [0.4, 0.5) is 5.82 Å². The zero-order valence-corrected chi connectivity index (χ0v) is 8.20. The van der Waals surface area contributed by atoms with E-state index in [1.807, 2.05) is 35.7 Å². The van der Waals surface area contributed by atoms with E-state index in [-0.39, 0.29) is 0 Å². The molecule has 72 valence electrons. The van der Waals surface area contributed by atoms with Crippen molar-refractivity contribution in [1.82, 2.24) is 9.38 Å². The summed E-state index contributed by atoms with van der Waals surface area (Å²) in [5.41, 5.74) is 2.07. The van der Waals surface area contributed by atoms with Gasteiger partial charge in [0.1, 0.15) is 11.5 Å². The molecule has 0 aromatic carbocycles. The van der Waals surface area contributed by atoms with Crippen LogP contribution in [0.1, 0.15) is 6.92 Å². The summed E-state index contributed by atoms with van der Waals surface area (Å²) in [5, 5.41) is 3.30. The molecule has 0 amide bonds. The molecule has 0 aliphatic carbocycles. The van der Waals surface area contributed by atoms with Gasteiger partial charge in [-0.05, 0) is 19.1 Å². The second kappa shape index (κ2) is 3.54. The smallest absolute Gasteiger partial charge is 0.138 e. The molecule has 1 N–H and O–H groups in total. The zero-order valence-electron chi connectivity index (χ0n) is 8.20. The molecule has 0 aliphatic heterocycles. The molecule has 0 atom stereocenters. The van der Waals surface area contributed by atoms with Gasteiger partial charge >= 0.3 is 0 Å². The Balaban J connectivity index is 2.32. The molecule has 0 saturated heterocycles. The summed E-state index contributed by atoms with van der Waals surface area (Å²) < 4.78 is 2.02. The molecule has 3 nitrogen and oxygen atoms in total. The SMILES string of the molecule is C=C(C)CNc1cccc2nccn12. The van der Waals surface area contributed by atoms with Gasteiger partial charge in [0.15, 0.2) is 0 Å². The molecule has 0 fully saturated rings. The lowest BCUT2D eigenvalue weighted by atomic mass is 10.3. The van der Waals surface area contributed by atoms with Crippen LogP contribution in [0.15, 0.2) is 42.7 Å². The van der Waals surface area contributed by atoms with E-state index in [0.717, 1.165) is 23.6 Å². The summed E-state index contributed by atoms with van der Waals surface area (Å²) in [7, 11) is 0. The van der Waals surface area contributed by atoms with Crippen molar-refractivity contribution < 1.29 is 0 Å². The van der Waals surface area contributed by atoms with Crippen molar-refractivity contribution in [3.05, 3.63) is 42.7 Å². The Hall–Kier alpha value is -1.77. The van der Waals surface area contributed by atoms with Gasteiger partial charge in [0.05, 0.1) is 0 Å². The highest BCUT2D eigenvalue weighted by Crippen LogP contribution is 2.10. The van der Waals surface area contributed by atoms with Crippen LogP contribution < -0.4 is 5.32 Å². The third-order valence-electron chi connectivity index (χ3n) is 2.00. The average Bonchev–Trinajstić information content (AvgIpc) is 2.62. The van der Waals surface area contributed by atoms with E-state index < -0.39 is 0 Å². The molecule has 2 heterocycles. The number of fused-ring (bicyclic) bond motifs is 1. The average molecular weight is 187 g/mol. The van der Waals surface area contributed by atoms with E-state index in [1.54, 1.807) is 6.20 Å². The van der Waals surface area contributed by atoms with Gasteiger partial charge in [0.25, 0.3) is 0 Å². The number of hydrogen-bond donors (Lipinski definition) is 1. The minimum atomic E-state index is 0.789. The van der Waals surface area contributed by atoms with E-state index in [1.165, 1.54) is 0 Å². The number of rotatable bonds is 3. The Labute approximate surface area is 83.1 Å². The van der Waals surface area contributed by atoms with Crippen LogP contribution in [-0.4, -0.2) is 15.9 Å². The molecule has 0 spiro atoms. The summed E-state index contributed by atoms with van der Waals surface area (Å²) in [6.45, 7) is 6.64. The first-order valence-corrected chi connectivity index (χ1v) is 4.58. The molecule has 0 bridgehead atoms. The molecule has 0 aliphatic rings. The van der Waals surface area contributed by atoms with E-state index in [4.69, 9.17) is 0 Å². The van der Waals surface area contributed by atoms with Gasteiger partial charge < -0.3 is 5.32 Å². The minimum absolute atomic E-state index is 0.789. The molecular weight excluding hydrogens is 174 g/mol. The summed E-state index contributed by atoms with van der Waals surface area (Å²) in [5.74, 6) is 1.04. The molecule has 0 saturated carbocycles. The number of anilines is 1. The lowest BCUT2D eigenvalue weighted by Crippen LogP contribution is -2.05. The van der Waals surface area contributed by atoms with Crippen LogP contribution in [0.25, 0.3) is 5.65 Å². The standard InChI is InChI=1S/C11H13N3/c1-9(2)8-13-11-5-3-4-10-12-6-7-14(10)11/h3-7,13H,1,8H2,2H3. The monoisotopic (exact) mass is 187 g/mol. The highest BCUT2D eigenvalue weighted by atomic mass is 15.1. The Bertz CT molecular complexity index is 456. The lowest BCUT2D eigenvalue weighted by molar-refractivity contribution is 1.11. The van der Waals surface area contributed by atoms with Gasteiger partial charge in [0.2, 0.25) is 0 Å². The van der Waals surface area contributed by atoms with Gasteiger partial charge in [-0.3, -0.25) is 4.40 Å². The second-order valence-corrected chi connectivity index (χ2v) is 3.38. The lowest BCUT2D eigenvalue weighted by Gasteiger charge is -2.07. The van der Waals surface area contributed by atoms with Gasteiger partial charge in [-0.25, -0.2) is 4.98 Å². The van der Waals surface area contributed by atoms with Crippen LogP contribution in [0.2, 0.25) is 0 Å². The summed E-state index contributed by atoms with van der Waals surface area (Å²) in [4.78, 5) is 4.21. The molecule has 2 aromatic rings. The summed E-state index contributed by atoms with van der Waals surface area (Å²) in [6.07, 6.45) is 3.73. The predicted molar refractivity (Wildman–Crippen MR) is 58.5 cm³/mol. The van der Waals surface area contributed by atoms with E-state index in [2.05, 4.69) is 16.9 Å². The third-order valence-corrected chi connectivity index (χ3v) is 2.00. The Morgan fingerprint density at radius 2 is 2.43 bits per heavy atom. The fourth-order valence-corrected chi connectivity index (χ4v) is 1.33. The molecule has 2 aromatic heterocycles. The van der Waals surface area contributed by atoms with Crippen molar-refractivity contribution in [3.63, 3.8) is 0 Å². The summed E-state index contributed by atoms with van der Waals surface area (Å²) in [6, 6.07) is 5.99. The van der Waals surface area contributed by atoms with Gasteiger partial charge in [-0.1, -0.05) is 18.2 Å². The fourth-order valence-electron chi connectivity index (χ4n) is 1.33. The number of pyridine rings is 1. The fraction of sp³-hybridized carbons (Fsp3) is 0.182. The Morgan fingerprint density at radius 1 is 1.57 bits per heavy atom. The maximum atomic E-state index is 4.21. The maximum Gasteiger partial charge on any atom is 0.138 e. The molecular formula is C11H13N3. The van der Waals surface area contributed by atoms with Crippen molar-refractivity contribution in [2.24, 2.45) is 0 Å². The highest BCUT2D eigenvalue weighted by molar-refractivity contribution is 5.50. The van der Waals surface area contributed by atoms with Crippen molar-refractivity contribution in [2.45, 2.75) is 6.92 Å². The first-order chi connectivity index (χ1) is 6.77. The number of nitrogens with zero attached hydrogens (tertiary/aromatic N) is 2. The van der Waals surface area contributed by atoms with Crippen molar-refractivity contribution in [2.75, 3.05) is 11.9 Å². The largest absolute Gasteiger partial charge is 0.367 e. The van der Waals surface area contributed by atoms with Crippen molar-refractivity contribution >= 4 is 11.5 Å². The quantitative estimate of drug-likeness (QED) is 0.747. The summed E-state index contributed by atoms with van der Waals surface area (Å²) >= 11 is 0. The highest BCUT2D eigenvalue weighted by Gasteiger charge is 1.98. The molecule has 2 rings (SSSR count). The second-order valence-electron chi connectivity index (χ2n) is 3.38. The van der Waals surface area contributed by atoms with Crippen LogP contribution in [0.5, 0.6) is 0 Å². The third kappa shape index (κ3) is 1.62. The Morgan fingerprint density at radius 3 is 3.21 bits per heavy atom. The van der Waals surface area contributed by atoms with E-state index >= 15 is 0 Å². The van der Waals surface area contributed by atoms with Gasteiger partial charge in [0, 0.05) is 18.9 Å². The number of nitrogens with one attached hydrogen (secondary N) is 1. The molecule has 14 heavy (non-hydrogen) atoms. The number of imidazole rings is 1. The van der Waals surface area contributed by atoms with Crippen molar-refractivity contribution in [3.8, 4) is 0 Å². The molecule has 0 unspecified atom stereocenters. The predicted octanol–water partition coefficient (Wildman–Crippen LogP) is 2.32. The van der Waals surface area contributed by atoms with Crippen molar-refractivity contribution in [1.29, 1.82) is 0 Å². The first-order valence-electron chi connectivity index (χ1n) is 4.58. The minimum Gasteiger partial charge on any atom is -0.367 e. The normalized spacial score (nSPS) is 10.4. The Kier molecular flexibility index (Phi) is 2.23.